The van der Waals surface area contributed by atoms with E-state index in [0.29, 0.717) is 25.2 Å². The van der Waals surface area contributed by atoms with Gasteiger partial charge >= 0.3 is 0 Å². The summed E-state index contributed by atoms with van der Waals surface area (Å²) >= 11 is 0.941. The maximum atomic E-state index is 13.7. The standard InChI is InChI=1S/C24H27N5O3S2/c1-17-7-5-6-10-21(17)25-23(30)16-28-14-19-11-12-20(15-28)29(19)34(31,32)24-22(26-33-27-24)13-18-8-3-2-4-9-18/h2-10,19-20H,11-16H2,1H3,(H,25,30). The third kappa shape index (κ3) is 4.63. The SMILES string of the molecule is Cc1ccccc1NC(=O)CN1CC2CCC(C1)N2S(=O)(=O)c1nsnc1Cc1ccccc1. The first-order valence-electron chi connectivity index (χ1n) is 11.4. The van der Waals surface area contributed by atoms with Gasteiger partial charge in [0.15, 0.2) is 0 Å². The van der Waals surface area contributed by atoms with Crippen molar-refractivity contribution >= 4 is 33.3 Å². The van der Waals surface area contributed by atoms with Gasteiger partial charge in [-0.05, 0) is 37.0 Å². The van der Waals surface area contributed by atoms with Crippen LogP contribution in [0.5, 0.6) is 0 Å². The number of benzene rings is 2. The molecule has 2 atom stereocenters. The smallest absolute Gasteiger partial charge is 0.264 e. The van der Waals surface area contributed by atoms with Crippen LogP contribution in [-0.2, 0) is 21.2 Å². The van der Waals surface area contributed by atoms with Crippen LogP contribution in [0.2, 0.25) is 0 Å². The van der Waals surface area contributed by atoms with E-state index < -0.39 is 10.0 Å². The zero-order valence-corrected chi connectivity index (χ0v) is 20.6. The van der Waals surface area contributed by atoms with Crippen molar-refractivity contribution in [2.45, 2.75) is 43.3 Å². The molecule has 178 valence electrons. The number of piperazine rings is 1. The van der Waals surface area contributed by atoms with Crippen molar-refractivity contribution in [1.82, 2.24) is 18.0 Å². The Morgan fingerprint density at radius 2 is 1.71 bits per heavy atom. The van der Waals surface area contributed by atoms with Gasteiger partial charge in [0.1, 0.15) is 0 Å². The molecule has 5 rings (SSSR count). The summed E-state index contributed by atoms with van der Waals surface area (Å²) in [6, 6.07) is 17.0. The maximum Gasteiger partial charge on any atom is 0.264 e. The van der Waals surface area contributed by atoms with Gasteiger partial charge in [0.25, 0.3) is 10.0 Å². The summed E-state index contributed by atoms with van der Waals surface area (Å²) in [4.78, 5) is 14.7. The molecular formula is C24H27N5O3S2. The van der Waals surface area contributed by atoms with Crippen LogP contribution in [0, 0.1) is 6.92 Å². The number of para-hydroxylation sites is 1. The molecule has 0 saturated carbocycles. The Balaban J connectivity index is 1.28. The second-order valence-electron chi connectivity index (χ2n) is 8.96. The molecule has 34 heavy (non-hydrogen) atoms. The molecule has 2 aliphatic rings. The molecule has 1 amide bonds. The number of anilines is 1. The normalized spacial score (nSPS) is 21.0. The van der Waals surface area contributed by atoms with Crippen molar-refractivity contribution in [2.24, 2.45) is 0 Å². The predicted octanol–water partition coefficient (Wildman–Crippen LogP) is 2.91. The van der Waals surface area contributed by atoms with Crippen LogP contribution in [0.15, 0.2) is 59.6 Å². The van der Waals surface area contributed by atoms with Crippen LogP contribution in [0.3, 0.4) is 0 Å². The fraction of sp³-hybridized carbons (Fsp3) is 0.375. The summed E-state index contributed by atoms with van der Waals surface area (Å²) in [7, 11) is -3.77. The number of nitrogens with one attached hydrogen (secondary N) is 1. The molecule has 1 aromatic heterocycles. The Kier molecular flexibility index (Phi) is 6.48. The molecule has 2 unspecified atom stereocenters. The number of carbonyl (C=O) groups excluding carboxylic acids is 1. The molecule has 2 aliphatic heterocycles. The number of rotatable bonds is 7. The molecule has 0 aliphatic carbocycles. The van der Waals surface area contributed by atoms with Crippen molar-refractivity contribution in [1.29, 1.82) is 0 Å². The third-order valence-electron chi connectivity index (χ3n) is 6.54. The second-order valence-corrected chi connectivity index (χ2v) is 11.2. The van der Waals surface area contributed by atoms with Gasteiger partial charge in [-0.2, -0.15) is 13.1 Å². The van der Waals surface area contributed by atoms with Crippen molar-refractivity contribution in [2.75, 3.05) is 25.0 Å². The Bertz CT molecular complexity index is 1260. The van der Waals surface area contributed by atoms with E-state index in [1.165, 1.54) is 0 Å². The number of aryl methyl sites for hydroxylation is 1. The van der Waals surface area contributed by atoms with E-state index in [1.54, 1.807) is 4.31 Å². The zero-order chi connectivity index (χ0) is 23.7. The average Bonchev–Trinajstić information content (AvgIpc) is 3.39. The van der Waals surface area contributed by atoms with Gasteiger partial charge in [0.05, 0.1) is 24.0 Å². The highest BCUT2D eigenvalue weighted by atomic mass is 32.2. The van der Waals surface area contributed by atoms with Crippen molar-refractivity contribution < 1.29 is 13.2 Å². The molecule has 0 spiro atoms. The largest absolute Gasteiger partial charge is 0.325 e. The van der Waals surface area contributed by atoms with E-state index in [0.717, 1.165) is 41.4 Å². The molecule has 0 radical (unpaired) electrons. The predicted molar refractivity (Wildman–Crippen MR) is 131 cm³/mol. The van der Waals surface area contributed by atoms with Gasteiger partial charge in [0.2, 0.25) is 10.9 Å². The van der Waals surface area contributed by atoms with Crippen LogP contribution in [-0.4, -0.2) is 64.0 Å². The highest BCUT2D eigenvalue weighted by Crippen LogP contribution is 2.36. The lowest BCUT2D eigenvalue weighted by atomic mass is 10.1. The highest BCUT2D eigenvalue weighted by Gasteiger charge is 2.48. The summed E-state index contributed by atoms with van der Waals surface area (Å²) in [5.74, 6) is -0.0844. The van der Waals surface area contributed by atoms with Gasteiger partial charge in [-0.1, -0.05) is 48.5 Å². The van der Waals surface area contributed by atoms with E-state index in [-0.39, 0.29) is 29.6 Å². The zero-order valence-electron chi connectivity index (χ0n) is 18.9. The van der Waals surface area contributed by atoms with Crippen molar-refractivity contribution in [3.8, 4) is 0 Å². The van der Waals surface area contributed by atoms with Crippen LogP contribution in [0.25, 0.3) is 0 Å². The molecule has 10 heteroatoms. The molecule has 1 N–H and O–H groups in total. The first-order valence-corrected chi connectivity index (χ1v) is 13.6. The van der Waals surface area contributed by atoms with Gasteiger partial charge in [0, 0.05) is 37.3 Å². The summed E-state index contributed by atoms with van der Waals surface area (Å²) in [5, 5.41) is 3.05. The van der Waals surface area contributed by atoms with E-state index in [4.69, 9.17) is 0 Å². The van der Waals surface area contributed by atoms with E-state index >= 15 is 0 Å². The number of nitrogens with zero attached hydrogens (tertiary/aromatic N) is 4. The van der Waals surface area contributed by atoms with E-state index in [1.807, 2.05) is 61.5 Å². The van der Waals surface area contributed by atoms with Crippen LogP contribution in [0.4, 0.5) is 5.69 Å². The first-order chi connectivity index (χ1) is 16.4. The Labute approximate surface area is 204 Å². The lowest BCUT2D eigenvalue weighted by Gasteiger charge is -2.39. The monoisotopic (exact) mass is 497 g/mol. The number of aromatic nitrogens is 2. The van der Waals surface area contributed by atoms with Gasteiger partial charge in [-0.15, -0.1) is 0 Å². The molecule has 3 heterocycles. The van der Waals surface area contributed by atoms with Gasteiger partial charge < -0.3 is 5.32 Å². The summed E-state index contributed by atoms with van der Waals surface area (Å²) in [6.07, 6.45) is 2.00. The lowest BCUT2D eigenvalue weighted by Crippen LogP contribution is -2.56. The summed E-state index contributed by atoms with van der Waals surface area (Å²) in [6.45, 7) is 3.26. The number of fused-ring (bicyclic) bond motifs is 2. The second kappa shape index (κ2) is 9.53. The summed E-state index contributed by atoms with van der Waals surface area (Å²) < 4.78 is 37.5. The highest BCUT2D eigenvalue weighted by molar-refractivity contribution is 7.89. The number of carbonyl (C=O) groups is 1. The molecule has 3 aromatic rings. The molecule has 2 bridgehead atoms. The molecule has 2 fully saturated rings. The Hall–Kier alpha value is -2.66. The lowest BCUT2D eigenvalue weighted by molar-refractivity contribution is -0.117. The fourth-order valence-corrected chi connectivity index (χ4v) is 7.72. The van der Waals surface area contributed by atoms with Crippen LogP contribution >= 0.6 is 11.7 Å². The van der Waals surface area contributed by atoms with E-state index in [9.17, 15) is 13.2 Å². The molecule has 2 aromatic carbocycles. The summed E-state index contributed by atoms with van der Waals surface area (Å²) in [5.41, 5.74) is 3.31. The average molecular weight is 498 g/mol. The number of hydrogen-bond acceptors (Lipinski definition) is 7. The third-order valence-corrected chi connectivity index (χ3v) is 9.18. The quantitative estimate of drug-likeness (QED) is 0.539. The van der Waals surface area contributed by atoms with Gasteiger partial charge in [-0.3, -0.25) is 9.69 Å². The molecular weight excluding hydrogens is 470 g/mol. The van der Waals surface area contributed by atoms with Crippen molar-refractivity contribution in [3.63, 3.8) is 0 Å². The number of hydrogen-bond donors (Lipinski definition) is 1. The number of likely N-dealkylation sites (tertiary alicyclic amines) is 1. The maximum absolute atomic E-state index is 13.7. The first kappa shape index (κ1) is 23.1. The number of amides is 1. The topological polar surface area (TPSA) is 95.5 Å². The minimum atomic E-state index is -3.77. The van der Waals surface area contributed by atoms with Crippen LogP contribution < -0.4 is 5.32 Å². The van der Waals surface area contributed by atoms with Crippen molar-refractivity contribution in [3.05, 3.63) is 71.4 Å². The Morgan fingerprint density at radius 3 is 2.41 bits per heavy atom. The van der Waals surface area contributed by atoms with Gasteiger partial charge in [-0.25, -0.2) is 8.42 Å². The number of sulfonamides is 1. The Morgan fingerprint density at radius 1 is 1.03 bits per heavy atom. The van der Waals surface area contributed by atoms with Crippen LogP contribution in [0.1, 0.15) is 29.7 Å². The fourth-order valence-electron chi connectivity index (χ4n) is 4.97. The minimum Gasteiger partial charge on any atom is -0.325 e. The minimum absolute atomic E-state index is 0.0731. The van der Waals surface area contributed by atoms with E-state index in [2.05, 4.69) is 19.0 Å². The molecule has 8 nitrogen and oxygen atoms in total. The molecule has 2 saturated heterocycles.